The van der Waals surface area contributed by atoms with Crippen LogP contribution in [0.2, 0.25) is 0 Å². The molecule has 0 heterocycles. The fraction of sp³-hybridized carbons (Fsp3) is 0.316. The molecule has 0 bridgehead atoms. The Morgan fingerprint density at radius 1 is 1.13 bits per heavy atom. The molecule has 0 unspecified atom stereocenters. The van der Waals surface area contributed by atoms with Crippen molar-refractivity contribution in [2.45, 2.75) is 33.1 Å². The van der Waals surface area contributed by atoms with Gasteiger partial charge in [0.05, 0.1) is 0 Å². The second-order valence-corrected chi connectivity index (χ2v) is 6.59. The lowest BCUT2D eigenvalue weighted by Crippen LogP contribution is -2.22. The number of amides is 1. The van der Waals surface area contributed by atoms with Gasteiger partial charge in [-0.3, -0.25) is 4.79 Å². The van der Waals surface area contributed by atoms with Crippen LogP contribution in [0.5, 0.6) is 11.5 Å². The van der Waals surface area contributed by atoms with Gasteiger partial charge in [-0.05, 0) is 47.7 Å². The summed E-state index contributed by atoms with van der Waals surface area (Å²) in [4.78, 5) is 12.0. The SMILES string of the molecule is Cc1cccc(C(C)(C)C)c1OCC(=O)Nc1ccc(O)cc1. The van der Waals surface area contributed by atoms with E-state index in [1.54, 1.807) is 12.1 Å². The quantitative estimate of drug-likeness (QED) is 0.838. The number of phenolic OH excluding ortho intramolecular Hbond substituents is 1. The van der Waals surface area contributed by atoms with Crippen LogP contribution in [0.4, 0.5) is 5.69 Å². The van der Waals surface area contributed by atoms with E-state index in [1.165, 1.54) is 12.1 Å². The zero-order valence-electron chi connectivity index (χ0n) is 14.0. The molecule has 2 aromatic rings. The van der Waals surface area contributed by atoms with Crippen molar-refractivity contribution in [3.8, 4) is 11.5 Å². The average molecular weight is 313 g/mol. The summed E-state index contributed by atoms with van der Waals surface area (Å²) >= 11 is 0. The van der Waals surface area contributed by atoms with E-state index in [9.17, 15) is 9.90 Å². The largest absolute Gasteiger partial charge is 0.508 e. The number of aromatic hydroxyl groups is 1. The highest BCUT2D eigenvalue weighted by atomic mass is 16.5. The minimum atomic E-state index is -0.237. The molecule has 0 atom stereocenters. The van der Waals surface area contributed by atoms with Crippen LogP contribution in [0.3, 0.4) is 0 Å². The van der Waals surface area contributed by atoms with Crippen LogP contribution in [-0.2, 0) is 10.2 Å². The van der Waals surface area contributed by atoms with Crippen LogP contribution < -0.4 is 10.1 Å². The van der Waals surface area contributed by atoms with E-state index in [0.29, 0.717) is 5.69 Å². The molecule has 0 saturated carbocycles. The van der Waals surface area contributed by atoms with Crippen molar-refractivity contribution in [2.75, 3.05) is 11.9 Å². The zero-order chi connectivity index (χ0) is 17.0. The lowest BCUT2D eigenvalue weighted by Gasteiger charge is -2.24. The Morgan fingerprint density at radius 2 is 1.78 bits per heavy atom. The number of ether oxygens (including phenoxy) is 1. The third-order valence-corrected chi connectivity index (χ3v) is 3.52. The van der Waals surface area contributed by atoms with E-state index >= 15 is 0 Å². The first kappa shape index (κ1) is 16.9. The van der Waals surface area contributed by atoms with Crippen molar-refractivity contribution in [1.29, 1.82) is 0 Å². The molecule has 4 nitrogen and oxygen atoms in total. The monoisotopic (exact) mass is 313 g/mol. The molecule has 122 valence electrons. The van der Waals surface area contributed by atoms with Gasteiger partial charge >= 0.3 is 0 Å². The van der Waals surface area contributed by atoms with Crippen LogP contribution in [0.25, 0.3) is 0 Å². The van der Waals surface area contributed by atoms with E-state index in [0.717, 1.165) is 16.9 Å². The molecule has 4 heteroatoms. The summed E-state index contributed by atoms with van der Waals surface area (Å²) in [6.07, 6.45) is 0. The minimum Gasteiger partial charge on any atom is -0.508 e. The van der Waals surface area contributed by atoms with Gasteiger partial charge in [0.25, 0.3) is 5.91 Å². The number of hydrogen-bond acceptors (Lipinski definition) is 3. The van der Waals surface area contributed by atoms with Gasteiger partial charge in [0, 0.05) is 5.69 Å². The van der Waals surface area contributed by atoms with E-state index in [2.05, 4.69) is 26.1 Å². The Morgan fingerprint density at radius 3 is 2.39 bits per heavy atom. The van der Waals surface area contributed by atoms with Gasteiger partial charge in [0.2, 0.25) is 0 Å². The number of anilines is 1. The molecule has 0 saturated heterocycles. The second kappa shape index (κ2) is 6.73. The Kier molecular flexibility index (Phi) is 4.94. The highest BCUT2D eigenvalue weighted by molar-refractivity contribution is 5.91. The number of phenols is 1. The van der Waals surface area contributed by atoms with Crippen LogP contribution in [0.15, 0.2) is 42.5 Å². The fourth-order valence-electron chi connectivity index (χ4n) is 2.31. The maximum Gasteiger partial charge on any atom is 0.262 e. The number of carbonyl (C=O) groups excluding carboxylic acids is 1. The van der Waals surface area contributed by atoms with Crippen molar-refractivity contribution < 1.29 is 14.6 Å². The van der Waals surface area contributed by atoms with Crippen molar-refractivity contribution in [3.05, 3.63) is 53.6 Å². The molecule has 0 aromatic heterocycles. The molecule has 0 aliphatic rings. The summed E-state index contributed by atoms with van der Waals surface area (Å²) in [5.74, 6) is 0.689. The van der Waals surface area contributed by atoms with Crippen molar-refractivity contribution in [3.63, 3.8) is 0 Å². The Balaban J connectivity index is 2.06. The predicted molar refractivity (Wildman–Crippen MR) is 92.1 cm³/mol. The molecule has 0 spiro atoms. The second-order valence-electron chi connectivity index (χ2n) is 6.59. The predicted octanol–water partition coefficient (Wildman–Crippen LogP) is 4.02. The molecule has 0 aliphatic heterocycles. The number of rotatable bonds is 4. The lowest BCUT2D eigenvalue weighted by atomic mass is 9.85. The first-order chi connectivity index (χ1) is 10.8. The van der Waals surface area contributed by atoms with E-state index in [4.69, 9.17) is 4.74 Å². The highest BCUT2D eigenvalue weighted by Gasteiger charge is 2.20. The third-order valence-electron chi connectivity index (χ3n) is 3.52. The fourth-order valence-corrected chi connectivity index (χ4v) is 2.31. The summed E-state index contributed by atoms with van der Waals surface area (Å²) in [6.45, 7) is 8.26. The maximum atomic E-state index is 12.0. The Labute approximate surface area is 137 Å². The molecular weight excluding hydrogens is 290 g/mol. The minimum absolute atomic E-state index is 0.0607. The van der Waals surface area contributed by atoms with Crippen molar-refractivity contribution >= 4 is 11.6 Å². The molecule has 23 heavy (non-hydrogen) atoms. The van der Waals surface area contributed by atoms with Gasteiger partial charge in [0.1, 0.15) is 11.5 Å². The lowest BCUT2D eigenvalue weighted by molar-refractivity contribution is -0.118. The van der Waals surface area contributed by atoms with Gasteiger partial charge in [-0.1, -0.05) is 39.0 Å². The van der Waals surface area contributed by atoms with Crippen LogP contribution in [0, 0.1) is 6.92 Å². The van der Waals surface area contributed by atoms with E-state index in [-0.39, 0.29) is 23.7 Å². The smallest absolute Gasteiger partial charge is 0.262 e. The number of benzene rings is 2. The van der Waals surface area contributed by atoms with Gasteiger partial charge < -0.3 is 15.2 Å². The summed E-state index contributed by atoms with van der Waals surface area (Å²) in [6, 6.07) is 12.3. The molecule has 0 aliphatic carbocycles. The molecule has 0 fully saturated rings. The van der Waals surface area contributed by atoms with E-state index in [1.807, 2.05) is 25.1 Å². The summed E-state index contributed by atoms with van der Waals surface area (Å²) < 4.78 is 5.79. The van der Waals surface area contributed by atoms with Gasteiger partial charge in [0.15, 0.2) is 6.61 Å². The van der Waals surface area contributed by atoms with Crippen molar-refractivity contribution in [1.82, 2.24) is 0 Å². The zero-order valence-corrected chi connectivity index (χ0v) is 14.0. The van der Waals surface area contributed by atoms with Crippen LogP contribution in [0.1, 0.15) is 31.9 Å². The normalized spacial score (nSPS) is 11.1. The summed E-state index contributed by atoms with van der Waals surface area (Å²) in [7, 11) is 0. The molecule has 1 amide bonds. The maximum absolute atomic E-state index is 12.0. The van der Waals surface area contributed by atoms with Crippen LogP contribution in [-0.4, -0.2) is 17.6 Å². The number of para-hydroxylation sites is 1. The first-order valence-electron chi connectivity index (χ1n) is 7.59. The van der Waals surface area contributed by atoms with Gasteiger partial charge in [-0.25, -0.2) is 0 Å². The standard InChI is InChI=1S/C19H23NO3/c1-13-6-5-7-16(19(2,3)4)18(13)23-12-17(22)20-14-8-10-15(21)11-9-14/h5-11,21H,12H2,1-4H3,(H,20,22). The molecule has 0 radical (unpaired) electrons. The molecule has 2 N–H and O–H groups in total. The summed E-state index contributed by atoms with van der Waals surface area (Å²) in [5.41, 5.74) is 2.65. The van der Waals surface area contributed by atoms with Gasteiger partial charge in [-0.2, -0.15) is 0 Å². The van der Waals surface area contributed by atoms with Crippen molar-refractivity contribution in [2.24, 2.45) is 0 Å². The molecule has 2 rings (SSSR count). The Hall–Kier alpha value is -2.49. The Bertz CT molecular complexity index is 685. The topological polar surface area (TPSA) is 58.6 Å². The number of carbonyl (C=O) groups is 1. The molecular formula is C19H23NO3. The van der Waals surface area contributed by atoms with Gasteiger partial charge in [-0.15, -0.1) is 0 Å². The number of nitrogens with one attached hydrogen (secondary N) is 1. The average Bonchev–Trinajstić information content (AvgIpc) is 2.47. The summed E-state index contributed by atoms with van der Waals surface area (Å²) in [5, 5.41) is 12.0. The number of hydrogen-bond donors (Lipinski definition) is 2. The van der Waals surface area contributed by atoms with Crippen LogP contribution >= 0.6 is 0 Å². The highest BCUT2D eigenvalue weighted by Crippen LogP contribution is 2.33. The van der Waals surface area contributed by atoms with E-state index < -0.39 is 0 Å². The molecule has 2 aromatic carbocycles. The number of aryl methyl sites for hydroxylation is 1. The third kappa shape index (κ3) is 4.49. The first-order valence-corrected chi connectivity index (χ1v) is 7.59.